The van der Waals surface area contributed by atoms with Gasteiger partial charge < -0.3 is 15.1 Å². The van der Waals surface area contributed by atoms with Crippen LogP contribution in [0.2, 0.25) is 0 Å². The normalized spacial score (nSPS) is 18.1. The lowest BCUT2D eigenvalue weighted by Gasteiger charge is -2.42. The van der Waals surface area contributed by atoms with Crippen LogP contribution in [-0.4, -0.2) is 45.0 Å². The molecule has 0 spiro atoms. The molecule has 0 unspecified atom stereocenters. The van der Waals surface area contributed by atoms with Crippen molar-refractivity contribution in [2.45, 2.75) is 76.3 Å². The fourth-order valence-corrected chi connectivity index (χ4v) is 5.35. The summed E-state index contributed by atoms with van der Waals surface area (Å²) in [6, 6.07) is 7.83. The minimum atomic E-state index is -1.14. The summed E-state index contributed by atoms with van der Waals surface area (Å²) in [6.07, 6.45) is 10.5. The Bertz CT molecular complexity index is 984. The Morgan fingerprint density at radius 3 is 1.84 bits per heavy atom. The second-order valence-electron chi connectivity index (χ2n) is 8.83. The summed E-state index contributed by atoms with van der Waals surface area (Å²) in [4.78, 5) is 39.5. The molecule has 0 radical (unpaired) electrons. The third-order valence-corrected chi connectivity index (χ3v) is 6.88. The molecule has 0 aliphatic heterocycles. The van der Waals surface area contributed by atoms with E-state index in [4.69, 9.17) is 0 Å². The summed E-state index contributed by atoms with van der Waals surface area (Å²) in [5.74, 6) is -2.41. The molecule has 2 aliphatic carbocycles. The highest BCUT2D eigenvalue weighted by atomic mass is 16.4. The van der Waals surface area contributed by atoms with E-state index in [1.807, 2.05) is 4.90 Å². The summed E-state index contributed by atoms with van der Waals surface area (Å²) in [7, 11) is 0. The predicted octanol–water partition coefficient (Wildman–Crippen LogP) is 5.34. The van der Waals surface area contributed by atoms with Crippen LogP contribution >= 0.6 is 0 Å². The second kappa shape index (κ2) is 9.08. The molecule has 2 aromatic rings. The lowest BCUT2D eigenvalue weighted by atomic mass is 9.87. The van der Waals surface area contributed by atoms with Gasteiger partial charge >= 0.3 is 11.9 Å². The summed E-state index contributed by atoms with van der Waals surface area (Å²) in [5, 5.41) is 20.3. The fourth-order valence-electron chi connectivity index (χ4n) is 5.35. The van der Waals surface area contributed by atoms with E-state index < -0.39 is 11.9 Å². The summed E-state index contributed by atoms with van der Waals surface area (Å²) < 4.78 is 0. The molecule has 6 nitrogen and oxygen atoms in total. The average Bonchev–Trinajstić information content (AvgIpc) is 2.79. The van der Waals surface area contributed by atoms with Gasteiger partial charge in [0, 0.05) is 12.1 Å². The number of carboxylic acids is 2. The molecule has 0 bridgehead atoms. The van der Waals surface area contributed by atoms with Crippen LogP contribution in [0, 0.1) is 0 Å². The minimum absolute atomic E-state index is 0.0165. The van der Waals surface area contributed by atoms with Crippen LogP contribution in [0.1, 0.15) is 95.3 Å². The van der Waals surface area contributed by atoms with E-state index in [2.05, 4.69) is 0 Å². The van der Waals surface area contributed by atoms with E-state index >= 15 is 0 Å². The fraction of sp³-hybridized carbons (Fsp3) is 0.480. The quantitative estimate of drug-likeness (QED) is 0.676. The van der Waals surface area contributed by atoms with Crippen molar-refractivity contribution in [2.75, 3.05) is 0 Å². The van der Waals surface area contributed by atoms with Crippen molar-refractivity contribution in [3.63, 3.8) is 0 Å². The highest BCUT2D eigenvalue weighted by molar-refractivity contribution is 6.15. The first-order valence-corrected chi connectivity index (χ1v) is 11.3. The Morgan fingerprint density at radius 2 is 1.32 bits per heavy atom. The molecular formula is C25H29NO5. The van der Waals surface area contributed by atoms with E-state index in [9.17, 15) is 24.6 Å². The second-order valence-corrected chi connectivity index (χ2v) is 8.83. The van der Waals surface area contributed by atoms with Gasteiger partial charge in [-0.25, -0.2) is 9.59 Å². The molecule has 0 aromatic heterocycles. The zero-order chi connectivity index (χ0) is 22.0. The highest BCUT2D eigenvalue weighted by Crippen LogP contribution is 2.34. The molecule has 2 aliphatic rings. The van der Waals surface area contributed by atoms with Crippen molar-refractivity contribution < 1.29 is 24.6 Å². The number of hydrogen-bond donors (Lipinski definition) is 2. The lowest BCUT2D eigenvalue weighted by Crippen LogP contribution is -2.49. The van der Waals surface area contributed by atoms with Crippen molar-refractivity contribution >= 4 is 28.6 Å². The smallest absolute Gasteiger partial charge is 0.336 e. The van der Waals surface area contributed by atoms with Gasteiger partial charge in [0.15, 0.2) is 0 Å². The van der Waals surface area contributed by atoms with Gasteiger partial charge in [-0.15, -0.1) is 0 Å². The first kappa shape index (κ1) is 21.3. The van der Waals surface area contributed by atoms with Crippen LogP contribution in [-0.2, 0) is 0 Å². The van der Waals surface area contributed by atoms with Gasteiger partial charge in [-0.3, -0.25) is 4.79 Å². The van der Waals surface area contributed by atoms with Crippen LogP contribution in [0.15, 0.2) is 30.3 Å². The van der Waals surface area contributed by atoms with E-state index in [-0.39, 0.29) is 34.7 Å². The first-order chi connectivity index (χ1) is 15.0. The van der Waals surface area contributed by atoms with Gasteiger partial charge in [-0.2, -0.15) is 0 Å². The lowest BCUT2D eigenvalue weighted by molar-refractivity contribution is 0.0443. The van der Waals surface area contributed by atoms with E-state index in [0.717, 1.165) is 51.4 Å². The van der Waals surface area contributed by atoms with E-state index in [1.54, 1.807) is 12.1 Å². The number of carbonyl (C=O) groups excluding carboxylic acids is 1. The first-order valence-electron chi connectivity index (χ1n) is 11.3. The molecule has 0 atom stereocenters. The van der Waals surface area contributed by atoms with Gasteiger partial charge in [0.25, 0.3) is 5.91 Å². The molecule has 2 aromatic carbocycles. The van der Waals surface area contributed by atoms with Gasteiger partial charge in [0.2, 0.25) is 0 Å². The standard InChI is InChI=1S/C25H29NO5/c27-23(26(18-7-3-1-4-8-18)19-9-5-2-6-10-19)22-20-13-12-17(24(28)29)15-16(20)11-14-21(22)25(30)31/h11-15,18-19H,1-10H2,(H,28,29)(H,30,31). The maximum absolute atomic E-state index is 14.0. The number of hydrogen-bond acceptors (Lipinski definition) is 3. The summed E-state index contributed by atoms with van der Waals surface area (Å²) in [6.45, 7) is 0. The summed E-state index contributed by atoms with van der Waals surface area (Å²) >= 11 is 0. The van der Waals surface area contributed by atoms with Crippen LogP contribution < -0.4 is 0 Å². The highest BCUT2D eigenvalue weighted by Gasteiger charge is 2.35. The third kappa shape index (κ3) is 4.29. The number of carbonyl (C=O) groups is 3. The van der Waals surface area contributed by atoms with Gasteiger partial charge in [0.1, 0.15) is 0 Å². The molecule has 6 heteroatoms. The van der Waals surface area contributed by atoms with Crippen molar-refractivity contribution in [1.82, 2.24) is 4.90 Å². The number of nitrogens with zero attached hydrogens (tertiary/aromatic N) is 1. The van der Waals surface area contributed by atoms with Crippen molar-refractivity contribution in [3.05, 3.63) is 47.0 Å². The third-order valence-electron chi connectivity index (χ3n) is 6.88. The topological polar surface area (TPSA) is 94.9 Å². The number of rotatable bonds is 5. The molecule has 0 saturated heterocycles. The monoisotopic (exact) mass is 423 g/mol. The predicted molar refractivity (Wildman–Crippen MR) is 118 cm³/mol. The van der Waals surface area contributed by atoms with Crippen molar-refractivity contribution in [1.29, 1.82) is 0 Å². The van der Waals surface area contributed by atoms with E-state index in [0.29, 0.717) is 10.8 Å². The Balaban J connectivity index is 1.84. The molecule has 164 valence electrons. The van der Waals surface area contributed by atoms with Crippen LogP contribution in [0.25, 0.3) is 10.8 Å². The average molecular weight is 424 g/mol. The Morgan fingerprint density at radius 1 is 0.742 bits per heavy atom. The minimum Gasteiger partial charge on any atom is -0.478 e. The maximum atomic E-state index is 14.0. The van der Waals surface area contributed by atoms with Crippen molar-refractivity contribution in [2.24, 2.45) is 0 Å². The number of fused-ring (bicyclic) bond motifs is 1. The van der Waals surface area contributed by atoms with E-state index in [1.165, 1.54) is 31.0 Å². The number of amides is 1. The summed E-state index contributed by atoms with van der Waals surface area (Å²) in [5.41, 5.74) is 0.292. The van der Waals surface area contributed by atoms with Gasteiger partial charge in [-0.05, 0) is 54.7 Å². The number of carboxylic acid groups (broad SMARTS) is 2. The van der Waals surface area contributed by atoms with Crippen molar-refractivity contribution in [3.8, 4) is 0 Å². The Kier molecular flexibility index (Phi) is 6.25. The Hall–Kier alpha value is -2.89. The largest absolute Gasteiger partial charge is 0.478 e. The molecule has 2 N–H and O–H groups in total. The van der Waals surface area contributed by atoms with Gasteiger partial charge in [0.05, 0.1) is 16.7 Å². The zero-order valence-electron chi connectivity index (χ0n) is 17.7. The molecule has 2 fully saturated rings. The van der Waals surface area contributed by atoms with Crippen LogP contribution in [0.5, 0.6) is 0 Å². The Labute approximate surface area is 181 Å². The number of benzene rings is 2. The molecule has 31 heavy (non-hydrogen) atoms. The number of aromatic carboxylic acids is 2. The van der Waals surface area contributed by atoms with Gasteiger partial charge in [-0.1, -0.05) is 50.7 Å². The maximum Gasteiger partial charge on any atom is 0.336 e. The van der Waals surface area contributed by atoms with Crippen LogP contribution in [0.4, 0.5) is 0 Å². The molecule has 0 heterocycles. The SMILES string of the molecule is O=C(O)c1ccc2c(C(=O)N(C3CCCCC3)C3CCCCC3)c(C(=O)O)ccc2c1. The molecule has 2 saturated carbocycles. The molecule has 1 amide bonds. The van der Waals surface area contributed by atoms with Crippen LogP contribution in [0.3, 0.4) is 0 Å². The zero-order valence-corrected chi connectivity index (χ0v) is 17.7. The molecular weight excluding hydrogens is 394 g/mol. The molecule has 4 rings (SSSR count).